The standard InChI is InChI=1S/C36H33N3O6/c1-3-24-17-27-22-6-4-5-20(15-22)16-23(7-10-25-19-39(14-13-37-25)36(27)38-24)30-32(42)35(44-2)33(43)31-28(41)18-29(45-34(30)31)21-8-11-26(40)12-9-21/h4-6,8-9,11-12,15,17-18,23,25,37-38,40,42-43H,3,13-14,16,19H2,1-2H3/t23-,25+/m1/s1. The van der Waals surface area contributed by atoms with Gasteiger partial charge in [-0.15, -0.1) is 0 Å². The fraction of sp³-hybridized carbons (Fsp3) is 0.250. The molecule has 45 heavy (non-hydrogen) atoms. The third-order valence-corrected chi connectivity index (χ3v) is 8.65. The first-order valence-electron chi connectivity index (χ1n) is 15.0. The van der Waals surface area contributed by atoms with Crippen molar-refractivity contribution in [3.63, 3.8) is 0 Å². The summed E-state index contributed by atoms with van der Waals surface area (Å²) in [7, 11) is 1.33. The number of nitrogens with zero attached hydrogens (tertiary/aromatic N) is 1. The van der Waals surface area contributed by atoms with E-state index in [-0.39, 0.29) is 45.6 Å². The van der Waals surface area contributed by atoms with E-state index in [1.54, 1.807) is 12.1 Å². The Hall–Kier alpha value is -5.33. The Morgan fingerprint density at radius 1 is 1.02 bits per heavy atom. The molecule has 2 aliphatic rings. The molecule has 2 aliphatic heterocycles. The molecule has 2 aromatic heterocycles. The van der Waals surface area contributed by atoms with Gasteiger partial charge in [0.2, 0.25) is 5.75 Å². The van der Waals surface area contributed by atoms with Crippen LogP contribution in [0.1, 0.15) is 29.7 Å². The number of aromatic hydroxyl groups is 3. The fourth-order valence-corrected chi connectivity index (χ4v) is 6.38. The molecular formula is C36H33N3O6. The third kappa shape index (κ3) is 5.03. The molecule has 0 spiro atoms. The summed E-state index contributed by atoms with van der Waals surface area (Å²) in [6.07, 6.45) is 1.28. The zero-order valence-corrected chi connectivity index (χ0v) is 25.0. The molecule has 5 aromatic rings. The van der Waals surface area contributed by atoms with Crippen molar-refractivity contribution in [2.45, 2.75) is 31.7 Å². The van der Waals surface area contributed by atoms with E-state index in [0.717, 1.165) is 47.7 Å². The molecule has 1 fully saturated rings. The Kier molecular flexibility index (Phi) is 7.15. The minimum atomic E-state index is -0.635. The molecule has 0 unspecified atom stereocenters. The lowest BCUT2D eigenvalue weighted by Gasteiger charge is -2.33. The van der Waals surface area contributed by atoms with Crippen LogP contribution in [0.15, 0.2) is 69.9 Å². The molecule has 1 saturated heterocycles. The van der Waals surface area contributed by atoms with Gasteiger partial charge in [0, 0.05) is 42.5 Å². The van der Waals surface area contributed by atoms with Gasteiger partial charge in [0.1, 0.15) is 22.7 Å². The van der Waals surface area contributed by atoms with Crippen molar-refractivity contribution in [1.29, 1.82) is 0 Å². The van der Waals surface area contributed by atoms with Gasteiger partial charge < -0.3 is 39.7 Å². The number of benzene rings is 3. The smallest absolute Gasteiger partial charge is 0.204 e. The number of hydrogen-bond donors (Lipinski definition) is 5. The predicted octanol–water partition coefficient (Wildman–Crippen LogP) is 5.26. The van der Waals surface area contributed by atoms with E-state index < -0.39 is 17.1 Å². The van der Waals surface area contributed by atoms with Gasteiger partial charge >= 0.3 is 0 Å². The van der Waals surface area contributed by atoms with Gasteiger partial charge in [-0.05, 0) is 54.3 Å². The number of phenols is 3. The topological polar surface area (TPSA) is 131 Å². The second-order valence-corrected chi connectivity index (χ2v) is 11.5. The van der Waals surface area contributed by atoms with E-state index >= 15 is 0 Å². The molecule has 9 nitrogen and oxygen atoms in total. The average Bonchev–Trinajstić information content (AvgIpc) is 3.48. The molecule has 0 saturated carbocycles. The van der Waals surface area contributed by atoms with E-state index in [1.807, 2.05) is 12.1 Å². The molecule has 3 aromatic carbocycles. The van der Waals surface area contributed by atoms with E-state index in [2.05, 4.69) is 52.2 Å². The maximum Gasteiger partial charge on any atom is 0.204 e. The molecular weight excluding hydrogens is 570 g/mol. The van der Waals surface area contributed by atoms with Crippen LogP contribution in [-0.2, 0) is 12.8 Å². The van der Waals surface area contributed by atoms with Crippen LogP contribution in [0.5, 0.6) is 23.0 Å². The zero-order chi connectivity index (χ0) is 31.2. The predicted molar refractivity (Wildman–Crippen MR) is 173 cm³/mol. The number of H-pyrrole nitrogens is 1. The quantitative estimate of drug-likeness (QED) is 0.176. The zero-order valence-electron chi connectivity index (χ0n) is 25.0. The van der Waals surface area contributed by atoms with Crippen molar-refractivity contribution in [2.75, 3.05) is 31.6 Å². The first kappa shape index (κ1) is 28.4. The highest BCUT2D eigenvalue weighted by atomic mass is 16.5. The number of piperazine rings is 1. The second kappa shape index (κ2) is 11.3. The fourth-order valence-electron chi connectivity index (χ4n) is 6.38. The maximum absolute atomic E-state index is 13.5. The van der Waals surface area contributed by atoms with Crippen LogP contribution < -0.4 is 20.4 Å². The summed E-state index contributed by atoms with van der Waals surface area (Å²) in [6.45, 7) is 4.36. The summed E-state index contributed by atoms with van der Waals surface area (Å²) in [5.41, 5.74) is 4.66. The summed E-state index contributed by atoms with van der Waals surface area (Å²) in [4.78, 5) is 19.5. The van der Waals surface area contributed by atoms with Crippen molar-refractivity contribution in [1.82, 2.24) is 10.3 Å². The number of aryl methyl sites for hydroxylation is 1. The van der Waals surface area contributed by atoms with Crippen LogP contribution in [-0.4, -0.2) is 53.1 Å². The molecule has 0 aliphatic carbocycles. The lowest BCUT2D eigenvalue weighted by Crippen LogP contribution is -2.50. The Bertz CT molecular complexity index is 2050. The van der Waals surface area contributed by atoms with Crippen LogP contribution in [0.4, 0.5) is 5.82 Å². The number of aromatic nitrogens is 1. The maximum atomic E-state index is 13.5. The van der Waals surface area contributed by atoms with E-state index in [4.69, 9.17) is 9.15 Å². The molecule has 0 amide bonds. The molecule has 2 atom stereocenters. The number of ether oxygens (including phenoxy) is 1. The van der Waals surface area contributed by atoms with E-state index in [0.29, 0.717) is 18.5 Å². The highest BCUT2D eigenvalue weighted by molar-refractivity contribution is 5.93. The molecule has 4 heterocycles. The largest absolute Gasteiger partial charge is 0.508 e. The molecule has 0 radical (unpaired) electrons. The Balaban J connectivity index is 1.46. The average molecular weight is 604 g/mol. The highest BCUT2D eigenvalue weighted by Gasteiger charge is 2.30. The van der Waals surface area contributed by atoms with Crippen LogP contribution >= 0.6 is 0 Å². The van der Waals surface area contributed by atoms with Gasteiger partial charge in [-0.1, -0.05) is 43.0 Å². The van der Waals surface area contributed by atoms with Crippen molar-refractivity contribution in [3.05, 3.63) is 87.7 Å². The Morgan fingerprint density at radius 2 is 1.84 bits per heavy atom. The van der Waals surface area contributed by atoms with Gasteiger partial charge in [-0.2, -0.15) is 0 Å². The van der Waals surface area contributed by atoms with Gasteiger partial charge in [0.15, 0.2) is 22.5 Å². The number of rotatable bonds is 4. The minimum absolute atomic E-state index is 0.0302. The van der Waals surface area contributed by atoms with Gasteiger partial charge in [-0.3, -0.25) is 4.79 Å². The summed E-state index contributed by atoms with van der Waals surface area (Å²) >= 11 is 0. The summed E-state index contributed by atoms with van der Waals surface area (Å²) in [6, 6.07) is 17.8. The van der Waals surface area contributed by atoms with Crippen LogP contribution in [0.2, 0.25) is 0 Å². The second-order valence-electron chi connectivity index (χ2n) is 11.5. The van der Waals surface area contributed by atoms with Gasteiger partial charge in [0.25, 0.3) is 0 Å². The molecule has 7 rings (SSSR count). The number of phenolic OH excluding ortho intramolecular Hbond substituents is 3. The van der Waals surface area contributed by atoms with Crippen molar-refractivity contribution in [2.24, 2.45) is 0 Å². The van der Waals surface area contributed by atoms with Gasteiger partial charge in [0.05, 0.1) is 24.6 Å². The first-order chi connectivity index (χ1) is 21.8. The van der Waals surface area contributed by atoms with Crippen molar-refractivity contribution < 1.29 is 24.5 Å². The minimum Gasteiger partial charge on any atom is -0.508 e. The normalized spacial score (nSPS) is 17.5. The lowest BCUT2D eigenvalue weighted by molar-refractivity contribution is 0.343. The first-order valence-corrected chi connectivity index (χ1v) is 15.0. The molecule has 5 N–H and O–H groups in total. The van der Waals surface area contributed by atoms with Crippen molar-refractivity contribution >= 4 is 16.8 Å². The number of methoxy groups -OCH3 is 1. The van der Waals surface area contributed by atoms with E-state index in [1.165, 1.54) is 25.3 Å². The number of anilines is 1. The number of fused-ring (bicyclic) bond motifs is 8. The van der Waals surface area contributed by atoms with Crippen molar-refractivity contribution in [3.8, 4) is 57.3 Å². The van der Waals surface area contributed by atoms with Crippen LogP contribution in [0.25, 0.3) is 33.4 Å². The third-order valence-electron chi connectivity index (χ3n) is 8.65. The Labute approximate surface area is 259 Å². The summed E-state index contributed by atoms with van der Waals surface area (Å²) < 4.78 is 11.7. The monoisotopic (exact) mass is 603 g/mol. The SMILES string of the molecule is CCc1cc2c([nH]1)N1CCN[C@@H](C#C[C@@H](c3c(O)c(OC)c(O)c4c(=O)cc(-c5ccc(O)cc5)oc34)Cc3cccc-2c3)C1. The number of nitrogens with one attached hydrogen (secondary N) is 2. The number of hydrogen-bond acceptors (Lipinski definition) is 8. The molecule has 9 heteroatoms. The lowest BCUT2D eigenvalue weighted by atomic mass is 9.88. The van der Waals surface area contributed by atoms with E-state index in [9.17, 15) is 20.1 Å². The molecule has 228 valence electrons. The van der Waals surface area contributed by atoms with Crippen LogP contribution in [0.3, 0.4) is 0 Å². The number of aromatic amines is 1. The Morgan fingerprint density at radius 3 is 2.62 bits per heavy atom. The highest BCUT2D eigenvalue weighted by Crippen LogP contribution is 2.48. The summed E-state index contributed by atoms with van der Waals surface area (Å²) in [5.74, 6) is 6.51. The van der Waals surface area contributed by atoms with Crippen LogP contribution in [0, 0.1) is 11.8 Å². The molecule has 4 bridgehead atoms. The summed E-state index contributed by atoms with van der Waals surface area (Å²) in [5, 5.41) is 35.9. The van der Waals surface area contributed by atoms with Gasteiger partial charge in [-0.25, -0.2) is 0 Å².